The Morgan fingerprint density at radius 1 is 0.531 bits per heavy atom. The zero-order valence-corrected chi connectivity index (χ0v) is 30.1. The summed E-state index contributed by atoms with van der Waals surface area (Å²) < 4.78 is 6.40. The number of fused-ring (bicyclic) bond motifs is 2. The molecule has 0 unspecified atom stereocenters. The maximum atomic E-state index is 6.40. The number of para-hydroxylation sites is 4. The van der Waals surface area contributed by atoms with Gasteiger partial charge in [0.1, 0.15) is 0 Å². The molecule has 2 aliphatic heterocycles. The van der Waals surface area contributed by atoms with Crippen LogP contribution in [0.15, 0.2) is 133 Å². The molecular weight excluding hydrogens is 784 g/mol. The van der Waals surface area contributed by atoms with Crippen molar-refractivity contribution in [3.05, 3.63) is 164 Å². The molecule has 2 heterocycles. The number of nitrogens with zero attached hydrogens (tertiary/aromatic N) is 4. The first kappa shape index (κ1) is 32.6. The zero-order chi connectivity index (χ0) is 32.8. The molecule has 0 aromatic heterocycles. The Labute approximate surface area is 304 Å². The molecule has 0 atom stereocenters. The summed E-state index contributed by atoms with van der Waals surface area (Å²) >= 11 is 0. The largest absolute Gasteiger partial charge is 4.00 e. The first-order valence-corrected chi connectivity index (χ1v) is 16.2. The molecule has 49 heavy (non-hydrogen) atoms. The molecule has 0 radical (unpaired) electrons. The molecular formula is C43H36N4OPt. The van der Waals surface area contributed by atoms with Crippen LogP contribution in [0.4, 0.5) is 39.8 Å². The number of hydrogen-bond acceptors (Lipinski definition) is 5. The van der Waals surface area contributed by atoms with Crippen molar-refractivity contribution < 1.29 is 25.8 Å². The third kappa shape index (κ3) is 6.20. The summed E-state index contributed by atoms with van der Waals surface area (Å²) in [5, 5.41) is 0. The number of hydrogen-bond donors (Lipinski definition) is 0. The molecule has 5 nitrogen and oxygen atoms in total. The van der Waals surface area contributed by atoms with Crippen molar-refractivity contribution in [3.8, 4) is 22.6 Å². The Kier molecular flexibility index (Phi) is 8.73. The van der Waals surface area contributed by atoms with E-state index in [0.29, 0.717) is 11.5 Å². The Morgan fingerprint density at radius 3 is 1.67 bits per heavy atom. The summed E-state index contributed by atoms with van der Waals surface area (Å²) in [6.07, 6.45) is 0. The predicted octanol–water partition coefficient (Wildman–Crippen LogP) is 11.2. The zero-order valence-electron chi connectivity index (χ0n) is 27.9. The fourth-order valence-electron chi connectivity index (χ4n) is 6.40. The van der Waals surface area contributed by atoms with Crippen LogP contribution in [0.3, 0.4) is 0 Å². The Morgan fingerprint density at radius 2 is 1.06 bits per heavy atom. The van der Waals surface area contributed by atoms with E-state index >= 15 is 0 Å². The Bertz CT molecular complexity index is 2110. The van der Waals surface area contributed by atoms with Gasteiger partial charge in [0.25, 0.3) is 0 Å². The maximum absolute atomic E-state index is 6.40. The van der Waals surface area contributed by atoms with E-state index in [1.807, 2.05) is 30.3 Å². The predicted molar refractivity (Wildman–Crippen MR) is 198 cm³/mol. The van der Waals surface area contributed by atoms with Crippen molar-refractivity contribution in [2.45, 2.75) is 26.2 Å². The minimum atomic E-state index is 0. The van der Waals surface area contributed by atoms with Crippen molar-refractivity contribution >= 4 is 39.8 Å². The van der Waals surface area contributed by atoms with Crippen LogP contribution in [-0.2, 0) is 26.5 Å². The van der Waals surface area contributed by atoms with Gasteiger partial charge in [-0.2, -0.15) is 18.8 Å². The van der Waals surface area contributed by atoms with Crippen molar-refractivity contribution in [1.82, 2.24) is 0 Å². The van der Waals surface area contributed by atoms with Gasteiger partial charge in [0.15, 0.2) is 0 Å². The van der Waals surface area contributed by atoms with Gasteiger partial charge in [0.05, 0.1) is 0 Å². The smallest absolute Gasteiger partial charge is 0.509 e. The minimum Gasteiger partial charge on any atom is -0.509 e. The normalized spacial score (nSPS) is 13.6. The molecule has 0 bridgehead atoms. The van der Waals surface area contributed by atoms with Crippen LogP contribution in [0.25, 0.3) is 11.1 Å². The molecule has 0 fully saturated rings. The molecule has 8 rings (SSSR count). The van der Waals surface area contributed by atoms with Crippen LogP contribution >= 0.6 is 0 Å². The molecule has 2 aliphatic rings. The van der Waals surface area contributed by atoms with Gasteiger partial charge in [-0.05, 0) is 53.9 Å². The van der Waals surface area contributed by atoms with Crippen molar-refractivity contribution in [2.75, 3.05) is 26.6 Å². The topological polar surface area (TPSA) is 22.2 Å². The van der Waals surface area contributed by atoms with Gasteiger partial charge in [-0.15, -0.1) is 54.4 Å². The van der Waals surface area contributed by atoms with Gasteiger partial charge in [0.2, 0.25) is 0 Å². The van der Waals surface area contributed by atoms with E-state index < -0.39 is 0 Å². The van der Waals surface area contributed by atoms with E-state index in [4.69, 9.17) is 4.74 Å². The standard InChI is InChI=1S/C43H36N4O.Pt/c1-43(2,3)32-24-25-37(31-14-6-5-7-15-31)42(26-32)47-30-46(40-22-10-11-23-41(40)47)34-17-13-19-36(28-34)48-35-18-12-16-33(27-35)45-29-44(4)38-20-8-9-21-39(38)45;/h5-26,29-30H,1-4H3;/q-4;+4. The maximum Gasteiger partial charge on any atom is 4.00 e. The van der Waals surface area contributed by atoms with Crippen LogP contribution in [0.1, 0.15) is 26.3 Å². The van der Waals surface area contributed by atoms with E-state index in [1.54, 1.807) is 0 Å². The van der Waals surface area contributed by atoms with Crippen LogP contribution < -0.4 is 24.3 Å². The third-order valence-corrected chi connectivity index (χ3v) is 8.89. The van der Waals surface area contributed by atoms with Gasteiger partial charge in [-0.1, -0.05) is 87.5 Å². The molecule has 0 saturated heterocycles. The van der Waals surface area contributed by atoms with Crippen molar-refractivity contribution in [1.29, 1.82) is 0 Å². The van der Waals surface area contributed by atoms with Gasteiger partial charge >= 0.3 is 21.1 Å². The number of ether oxygens (including phenoxy) is 1. The second-order valence-electron chi connectivity index (χ2n) is 13.2. The summed E-state index contributed by atoms with van der Waals surface area (Å²) in [6, 6.07) is 53.3. The van der Waals surface area contributed by atoms with E-state index in [9.17, 15) is 0 Å². The van der Waals surface area contributed by atoms with Crippen molar-refractivity contribution in [3.63, 3.8) is 0 Å². The van der Waals surface area contributed by atoms with Crippen molar-refractivity contribution in [2.24, 2.45) is 0 Å². The molecule has 244 valence electrons. The van der Waals surface area contributed by atoms with Crippen LogP contribution in [0.5, 0.6) is 11.5 Å². The average Bonchev–Trinajstić information content (AvgIpc) is 3.66. The second-order valence-corrected chi connectivity index (χ2v) is 13.2. The number of anilines is 7. The number of rotatable bonds is 6. The van der Waals surface area contributed by atoms with Crippen LogP contribution in [0, 0.1) is 25.5 Å². The summed E-state index contributed by atoms with van der Waals surface area (Å²) in [5.41, 5.74) is 11.0. The average molecular weight is 820 g/mol. The first-order valence-electron chi connectivity index (χ1n) is 16.2. The first-order chi connectivity index (χ1) is 23.3. The Hall–Kier alpha value is -4.99. The molecule has 0 amide bonds. The quantitative estimate of drug-likeness (QED) is 0.156. The van der Waals surface area contributed by atoms with Gasteiger partial charge < -0.3 is 24.3 Å². The van der Waals surface area contributed by atoms with Crippen LogP contribution in [0.2, 0.25) is 0 Å². The summed E-state index contributed by atoms with van der Waals surface area (Å²) in [5.74, 6) is 1.24. The van der Waals surface area contributed by atoms with Gasteiger partial charge in [-0.25, -0.2) is 0 Å². The molecule has 0 N–H and O–H groups in total. The monoisotopic (exact) mass is 819 g/mol. The molecule has 0 aliphatic carbocycles. The SMILES string of the molecule is CN1[CH-]N(c2[c-]c(Oc3[c-]c(N4[CH-]N(c5cc(C(C)(C)C)ccc5-c5ccccc5)c5ccccc54)ccc3)ccc2)c2ccccc21.[Pt+4]. The summed E-state index contributed by atoms with van der Waals surface area (Å²) in [4.78, 5) is 8.73. The fraction of sp³-hybridized carbons (Fsp3) is 0.116. The molecule has 0 saturated carbocycles. The summed E-state index contributed by atoms with van der Waals surface area (Å²) in [7, 11) is 2.05. The Balaban J connectivity index is 0.00000378. The van der Waals surface area contributed by atoms with E-state index in [0.717, 1.165) is 39.8 Å². The van der Waals surface area contributed by atoms with E-state index in [-0.39, 0.29) is 26.5 Å². The minimum absolute atomic E-state index is 0. The van der Waals surface area contributed by atoms with Gasteiger partial charge in [0, 0.05) is 45.5 Å². The summed E-state index contributed by atoms with van der Waals surface area (Å²) in [6.45, 7) is 11.0. The third-order valence-electron chi connectivity index (χ3n) is 8.89. The van der Waals surface area contributed by atoms with E-state index in [2.05, 4.69) is 176 Å². The van der Waals surface area contributed by atoms with E-state index in [1.165, 1.54) is 16.7 Å². The molecule has 0 spiro atoms. The fourth-order valence-corrected chi connectivity index (χ4v) is 6.40. The van der Waals surface area contributed by atoms with Gasteiger partial charge in [-0.3, -0.25) is 0 Å². The second kappa shape index (κ2) is 13.1. The molecule has 6 aromatic carbocycles. The molecule has 6 aromatic rings. The molecule has 6 heteroatoms. The number of benzene rings is 6. The van der Waals surface area contributed by atoms with Crippen LogP contribution in [-0.4, -0.2) is 7.05 Å².